The molecule has 1 atom stereocenters. The molecule has 1 unspecified atom stereocenters. The van der Waals surface area contributed by atoms with Gasteiger partial charge in [-0.1, -0.05) is 234 Å². The van der Waals surface area contributed by atoms with E-state index in [9.17, 15) is 14.4 Å². The molecule has 6 heteroatoms. The van der Waals surface area contributed by atoms with Crippen molar-refractivity contribution >= 4 is 17.9 Å². The zero-order chi connectivity index (χ0) is 48.6. The highest BCUT2D eigenvalue weighted by Crippen LogP contribution is 2.15. The number of allylic oxidation sites excluding steroid dienone is 14. The van der Waals surface area contributed by atoms with E-state index in [0.717, 1.165) is 122 Å². The number of hydrogen-bond donors (Lipinski definition) is 0. The van der Waals surface area contributed by atoms with Crippen LogP contribution < -0.4 is 0 Å². The molecule has 6 nitrogen and oxygen atoms in total. The summed E-state index contributed by atoms with van der Waals surface area (Å²) < 4.78 is 16.7. The average molecular weight is 933 g/mol. The van der Waals surface area contributed by atoms with Gasteiger partial charge in [-0.05, 0) is 96.3 Å². The number of rotatable bonds is 50. The minimum atomic E-state index is -0.779. The first-order chi connectivity index (χ1) is 33.0. The molecule has 0 fully saturated rings. The molecular weight excluding hydrogens is 829 g/mol. The molecule has 0 rings (SSSR count). The van der Waals surface area contributed by atoms with E-state index in [-0.39, 0.29) is 31.1 Å². The third kappa shape index (κ3) is 53.4. The second-order valence-electron chi connectivity index (χ2n) is 18.5. The van der Waals surface area contributed by atoms with Crippen molar-refractivity contribution in [1.82, 2.24) is 0 Å². The van der Waals surface area contributed by atoms with Gasteiger partial charge in [-0.3, -0.25) is 14.4 Å². The van der Waals surface area contributed by atoms with Gasteiger partial charge in [-0.15, -0.1) is 0 Å². The van der Waals surface area contributed by atoms with Gasteiger partial charge in [-0.2, -0.15) is 0 Å². The second-order valence-corrected chi connectivity index (χ2v) is 18.5. The summed E-state index contributed by atoms with van der Waals surface area (Å²) in [6.45, 7) is 6.41. The Morgan fingerprint density at radius 2 is 0.582 bits per heavy atom. The lowest BCUT2D eigenvalue weighted by molar-refractivity contribution is -0.167. The number of ether oxygens (including phenoxy) is 3. The number of hydrogen-bond acceptors (Lipinski definition) is 6. The highest BCUT2D eigenvalue weighted by molar-refractivity contribution is 5.71. The molecule has 0 aromatic rings. The zero-order valence-electron chi connectivity index (χ0n) is 43.9. The summed E-state index contributed by atoms with van der Waals surface area (Å²) in [4.78, 5) is 37.7. The minimum absolute atomic E-state index is 0.0817. The number of carbonyl (C=O) groups is 3. The fourth-order valence-electron chi connectivity index (χ4n) is 7.68. The summed E-state index contributed by atoms with van der Waals surface area (Å²) in [6.07, 6.45) is 71.9. The lowest BCUT2D eigenvalue weighted by Gasteiger charge is -2.18. The summed E-state index contributed by atoms with van der Waals surface area (Å²) >= 11 is 0. The molecule has 0 N–H and O–H groups in total. The normalized spacial score (nSPS) is 12.7. The van der Waals surface area contributed by atoms with Crippen molar-refractivity contribution in [2.24, 2.45) is 0 Å². The topological polar surface area (TPSA) is 78.9 Å². The minimum Gasteiger partial charge on any atom is -0.462 e. The Labute approximate surface area is 414 Å². The van der Waals surface area contributed by atoms with E-state index in [4.69, 9.17) is 14.2 Å². The molecule has 384 valence electrons. The maximum absolute atomic E-state index is 12.7. The molecule has 0 radical (unpaired) electrons. The average Bonchev–Trinajstić information content (AvgIpc) is 3.33. The van der Waals surface area contributed by atoms with Crippen LogP contribution in [-0.4, -0.2) is 37.2 Å². The van der Waals surface area contributed by atoms with Gasteiger partial charge in [0.25, 0.3) is 0 Å². The van der Waals surface area contributed by atoms with Gasteiger partial charge in [0.2, 0.25) is 0 Å². The van der Waals surface area contributed by atoms with Crippen LogP contribution >= 0.6 is 0 Å². The molecule has 0 amide bonds. The first-order valence-electron chi connectivity index (χ1n) is 28.1. The number of esters is 3. The Morgan fingerprint density at radius 1 is 0.313 bits per heavy atom. The highest BCUT2D eigenvalue weighted by Gasteiger charge is 2.19. The summed E-state index contributed by atoms with van der Waals surface area (Å²) in [5, 5.41) is 0. The van der Waals surface area contributed by atoms with Crippen molar-refractivity contribution in [3.63, 3.8) is 0 Å². The van der Waals surface area contributed by atoms with Gasteiger partial charge in [0.05, 0.1) is 0 Å². The van der Waals surface area contributed by atoms with Crippen LogP contribution in [-0.2, 0) is 28.6 Å². The maximum atomic E-state index is 12.7. The lowest BCUT2D eigenvalue weighted by Crippen LogP contribution is -2.30. The third-order valence-electron chi connectivity index (χ3n) is 11.9. The molecule has 0 heterocycles. The summed E-state index contributed by atoms with van der Waals surface area (Å²) in [5.74, 6) is -0.908. The van der Waals surface area contributed by atoms with Crippen molar-refractivity contribution in [2.75, 3.05) is 13.2 Å². The van der Waals surface area contributed by atoms with E-state index in [1.807, 2.05) is 0 Å². The summed E-state index contributed by atoms with van der Waals surface area (Å²) in [6, 6.07) is 0. The molecular formula is C61H104O6. The monoisotopic (exact) mass is 933 g/mol. The fourth-order valence-corrected chi connectivity index (χ4v) is 7.68. The van der Waals surface area contributed by atoms with E-state index < -0.39 is 6.10 Å². The van der Waals surface area contributed by atoms with Gasteiger partial charge >= 0.3 is 17.9 Å². The van der Waals surface area contributed by atoms with Crippen LogP contribution in [0, 0.1) is 0 Å². The Morgan fingerprint density at radius 3 is 0.940 bits per heavy atom. The molecule has 0 aromatic carbocycles. The Balaban J connectivity index is 4.05. The molecule has 0 aromatic heterocycles. The predicted molar refractivity (Wildman–Crippen MR) is 288 cm³/mol. The Kier molecular flexibility index (Phi) is 52.4. The highest BCUT2D eigenvalue weighted by atomic mass is 16.6. The number of unbranched alkanes of at least 4 members (excludes halogenated alkanes) is 25. The van der Waals surface area contributed by atoms with Crippen LogP contribution in [0.15, 0.2) is 85.1 Å². The first-order valence-corrected chi connectivity index (χ1v) is 28.1. The standard InChI is InChI=1S/C61H104O6/c1-4-7-10-13-15-17-19-21-23-24-25-26-27-28-29-30-31-32-33-34-35-36-38-39-41-43-45-48-51-54-60(63)66-57-58(56-65-59(62)53-50-47-12-9-6-3)67-61(64)55-52-49-46-44-42-40-37-22-20-18-16-14-11-8-5-2/h7,10,15-18,21-23,25-26,28-29,37,58H,4-6,8-9,11-14,19-20,24,27,30-36,38-57H2,1-3H3/b10-7-,17-15-,18-16-,23-21-,26-25-,29-28-,37-22-. The quantitative estimate of drug-likeness (QED) is 0.0262. The van der Waals surface area contributed by atoms with E-state index in [2.05, 4.69) is 106 Å². The van der Waals surface area contributed by atoms with Crippen LogP contribution in [0.2, 0.25) is 0 Å². The van der Waals surface area contributed by atoms with E-state index in [1.54, 1.807) is 0 Å². The van der Waals surface area contributed by atoms with Gasteiger partial charge in [0.1, 0.15) is 13.2 Å². The van der Waals surface area contributed by atoms with Crippen LogP contribution in [0.25, 0.3) is 0 Å². The van der Waals surface area contributed by atoms with E-state index in [0.29, 0.717) is 19.3 Å². The van der Waals surface area contributed by atoms with Crippen molar-refractivity contribution in [2.45, 2.75) is 271 Å². The molecule has 0 aliphatic carbocycles. The maximum Gasteiger partial charge on any atom is 0.306 e. The van der Waals surface area contributed by atoms with Gasteiger partial charge in [0, 0.05) is 19.3 Å². The molecule has 0 aliphatic heterocycles. The Hall–Kier alpha value is -3.41. The van der Waals surface area contributed by atoms with Crippen molar-refractivity contribution < 1.29 is 28.6 Å². The molecule has 0 aliphatic rings. The van der Waals surface area contributed by atoms with Crippen LogP contribution in [0.1, 0.15) is 265 Å². The largest absolute Gasteiger partial charge is 0.462 e. The summed E-state index contributed by atoms with van der Waals surface area (Å²) in [7, 11) is 0. The van der Waals surface area contributed by atoms with E-state index in [1.165, 1.54) is 103 Å². The van der Waals surface area contributed by atoms with E-state index >= 15 is 0 Å². The van der Waals surface area contributed by atoms with Crippen molar-refractivity contribution in [1.29, 1.82) is 0 Å². The van der Waals surface area contributed by atoms with Gasteiger partial charge < -0.3 is 14.2 Å². The van der Waals surface area contributed by atoms with Gasteiger partial charge in [0.15, 0.2) is 6.10 Å². The van der Waals surface area contributed by atoms with Crippen molar-refractivity contribution in [3.05, 3.63) is 85.1 Å². The fraction of sp³-hybridized carbons (Fsp3) is 0.721. The second kappa shape index (κ2) is 55.2. The smallest absolute Gasteiger partial charge is 0.306 e. The molecule has 67 heavy (non-hydrogen) atoms. The predicted octanol–water partition coefficient (Wildman–Crippen LogP) is 18.8. The third-order valence-corrected chi connectivity index (χ3v) is 11.9. The molecule has 0 bridgehead atoms. The SMILES string of the molecule is CC/C=C\C/C=C\C/C=C\C/C=C\C/C=C\CCCCCCCCCCCCCCCC(=O)OCC(COC(=O)CCCCCCC)OC(=O)CCCCCCC/C=C\C/C=C\CCCCC. The van der Waals surface area contributed by atoms with Crippen LogP contribution in [0.4, 0.5) is 0 Å². The lowest BCUT2D eigenvalue weighted by atomic mass is 10.0. The first kappa shape index (κ1) is 63.6. The molecule has 0 saturated heterocycles. The van der Waals surface area contributed by atoms with Crippen LogP contribution in [0.5, 0.6) is 0 Å². The number of carbonyl (C=O) groups excluding carboxylic acids is 3. The molecule has 0 spiro atoms. The van der Waals surface area contributed by atoms with Gasteiger partial charge in [-0.25, -0.2) is 0 Å². The molecule has 0 saturated carbocycles. The Bertz CT molecular complexity index is 1300. The zero-order valence-corrected chi connectivity index (χ0v) is 43.9. The van der Waals surface area contributed by atoms with Crippen molar-refractivity contribution in [3.8, 4) is 0 Å². The summed E-state index contributed by atoms with van der Waals surface area (Å²) in [5.41, 5.74) is 0. The van der Waals surface area contributed by atoms with Crippen LogP contribution in [0.3, 0.4) is 0 Å².